The lowest BCUT2D eigenvalue weighted by molar-refractivity contribution is -0.147. The number of carbonyl (C=O) groups excluding carboxylic acids is 2. The van der Waals surface area contributed by atoms with Crippen LogP contribution in [0.4, 0.5) is 0 Å². The molecule has 1 aromatic rings. The topological polar surface area (TPSA) is 83.8 Å². The fourth-order valence-corrected chi connectivity index (χ4v) is 2.35. The van der Waals surface area contributed by atoms with Crippen molar-refractivity contribution in [2.75, 3.05) is 0 Å². The molecule has 1 aliphatic rings. The van der Waals surface area contributed by atoms with Gasteiger partial charge in [0, 0.05) is 12.5 Å². The maximum absolute atomic E-state index is 12.2. The van der Waals surface area contributed by atoms with Crippen LogP contribution in [0.15, 0.2) is 24.3 Å². The van der Waals surface area contributed by atoms with Crippen LogP contribution >= 0.6 is 0 Å². The first-order valence-electron chi connectivity index (χ1n) is 6.90. The van der Waals surface area contributed by atoms with E-state index in [1.54, 1.807) is 6.08 Å². The number of hydrogen-bond donors (Lipinski definition) is 2. The molecule has 0 radical (unpaired) electrons. The number of allylic oxidation sites excluding steroid dienone is 2. The molecule has 0 aliphatic carbocycles. The Labute approximate surface area is 122 Å². The molecular weight excluding hydrogens is 272 g/mol. The van der Waals surface area contributed by atoms with E-state index >= 15 is 0 Å². The number of fused-ring (bicyclic) bond motifs is 1. The molecule has 1 heterocycles. The minimum absolute atomic E-state index is 0.0719. The zero-order valence-corrected chi connectivity index (χ0v) is 11.8. The number of Topliss-reactive ketones (excluding diaryl/α,β-unsaturated/α-hetero) is 1. The first-order chi connectivity index (χ1) is 9.97. The highest BCUT2D eigenvalue weighted by Gasteiger charge is 2.20. The van der Waals surface area contributed by atoms with Crippen molar-refractivity contribution in [1.29, 1.82) is 0 Å². The third kappa shape index (κ3) is 3.84. The van der Waals surface area contributed by atoms with Crippen molar-refractivity contribution in [3.05, 3.63) is 35.4 Å². The number of ether oxygens (including phenoxy) is 1. The summed E-state index contributed by atoms with van der Waals surface area (Å²) in [5, 5.41) is 19.4. The summed E-state index contributed by atoms with van der Waals surface area (Å²) in [5.41, 5.74) is 0.353. The lowest BCUT2D eigenvalue weighted by Gasteiger charge is -2.15. The first kappa shape index (κ1) is 15.1. The monoisotopic (exact) mass is 290 g/mol. The SMILES string of the molecule is C[C@H]1CC/C=C/CC(=O)c2c(O)cc(O)cc2CC(=O)O1. The number of carbonyl (C=O) groups is 2. The highest BCUT2D eigenvalue weighted by molar-refractivity contribution is 6.01. The summed E-state index contributed by atoms with van der Waals surface area (Å²) in [4.78, 5) is 24.1. The quantitative estimate of drug-likeness (QED) is 0.566. The van der Waals surface area contributed by atoms with Gasteiger partial charge in [-0.1, -0.05) is 12.2 Å². The third-order valence-electron chi connectivity index (χ3n) is 3.34. The number of hydrogen-bond acceptors (Lipinski definition) is 5. The Hall–Kier alpha value is -2.30. The third-order valence-corrected chi connectivity index (χ3v) is 3.34. The van der Waals surface area contributed by atoms with Crippen LogP contribution in [0.1, 0.15) is 42.1 Å². The van der Waals surface area contributed by atoms with Gasteiger partial charge < -0.3 is 14.9 Å². The molecule has 1 aromatic carbocycles. The summed E-state index contributed by atoms with van der Waals surface area (Å²) in [6.07, 6.45) is 4.79. The van der Waals surface area contributed by atoms with Crippen molar-refractivity contribution in [2.24, 2.45) is 0 Å². The van der Waals surface area contributed by atoms with Crippen LogP contribution in [-0.2, 0) is 16.0 Å². The molecule has 2 rings (SSSR count). The van der Waals surface area contributed by atoms with Crippen LogP contribution in [0.5, 0.6) is 11.5 Å². The zero-order chi connectivity index (χ0) is 15.4. The van der Waals surface area contributed by atoms with Gasteiger partial charge in [-0.25, -0.2) is 0 Å². The zero-order valence-electron chi connectivity index (χ0n) is 11.8. The Balaban J connectivity index is 2.42. The van der Waals surface area contributed by atoms with Crippen molar-refractivity contribution in [3.63, 3.8) is 0 Å². The summed E-state index contributed by atoms with van der Waals surface area (Å²) in [6.45, 7) is 1.81. The van der Waals surface area contributed by atoms with Crippen molar-refractivity contribution < 1.29 is 24.5 Å². The average molecular weight is 290 g/mol. The molecule has 1 atom stereocenters. The van der Waals surface area contributed by atoms with E-state index in [1.807, 2.05) is 13.0 Å². The Kier molecular flexibility index (Phi) is 4.62. The van der Waals surface area contributed by atoms with Crippen molar-refractivity contribution in [2.45, 2.75) is 38.7 Å². The molecule has 5 nitrogen and oxygen atoms in total. The molecule has 21 heavy (non-hydrogen) atoms. The smallest absolute Gasteiger partial charge is 0.310 e. The molecule has 2 N–H and O–H groups in total. The minimum atomic E-state index is -0.480. The number of benzene rings is 1. The van der Waals surface area contributed by atoms with Gasteiger partial charge in [0.15, 0.2) is 5.78 Å². The van der Waals surface area contributed by atoms with Gasteiger partial charge in [-0.2, -0.15) is 0 Å². The predicted molar refractivity (Wildman–Crippen MR) is 76.4 cm³/mol. The fourth-order valence-electron chi connectivity index (χ4n) is 2.35. The van der Waals surface area contributed by atoms with Crippen molar-refractivity contribution in [3.8, 4) is 11.5 Å². The maximum Gasteiger partial charge on any atom is 0.310 e. The number of ketones is 1. The van der Waals surface area contributed by atoms with Crippen molar-refractivity contribution in [1.82, 2.24) is 0 Å². The Morgan fingerprint density at radius 3 is 2.71 bits per heavy atom. The highest BCUT2D eigenvalue weighted by atomic mass is 16.5. The molecule has 0 spiro atoms. The van der Waals surface area contributed by atoms with Crippen LogP contribution in [0.25, 0.3) is 0 Å². The van der Waals surface area contributed by atoms with E-state index < -0.39 is 5.97 Å². The van der Waals surface area contributed by atoms with E-state index in [2.05, 4.69) is 0 Å². The lowest BCUT2D eigenvalue weighted by atomic mass is 9.97. The normalized spacial score (nSPS) is 21.7. The molecule has 1 aliphatic heterocycles. The standard InChI is InChI=1S/C16H18O5/c1-10-5-3-2-4-6-13(18)16-11(8-15(20)21-10)7-12(17)9-14(16)19/h2,4,7,9-10,17,19H,3,5-6,8H2,1H3/b4-2+/t10-/m0/s1. The summed E-state index contributed by atoms with van der Waals surface area (Å²) >= 11 is 0. The summed E-state index contributed by atoms with van der Waals surface area (Å²) in [7, 11) is 0. The Bertz CT molecular complexity index is 589. The van der Waals surface area contributed by atoms with Gasteiger partial charge in [0.05, 0.1) is 18.1 Å². The Morgan fingerprint density at radius 1 is 1.19 bits per heavy atom. The van der Waals surface area contributed by atoms with Gasteiger partial charge in [-0.3, -0.25) is 9.59 Å². The second-order valence-corrected chi connectivity index (χ2v) is 5.15. The summed E-state index contributed by atoms with van der Waals surface area (Å²) < 4.78 is 5.25. The highest BCUT2D eigenvalue weighted by Crippen LogP contribution is 2.29. The molecule has 0 amide bonds. The molecule has 0 unspecified atom stereocenters. The van der Waals surface area contributed by atoms with Crippen molar-refractivity contribution >= 4 is 11.8 Å². The van der Waals surface area contributed by atoms with Gasteiger partial charge in [0.1, 0.15) is 11.5 Å². The molecule has 0 aromatic heterocycles. The molecular formula is C16H18O5. The van der Waals surface area contributed by atoms with E-state index in [9.17, 15) is 19.8 Å². The summed E-state index contributed by atoms with van der Waals surface area (Å²) in [5.74, 6) is -1.28. The number of aromatic hydroxyl groups is 2. The first-order valence-corrected chi connectivity index (χ1v) is 6.90. The van der Waals surface area contributed by atoms with E-state index in [-0.39, 0.29) is 47.4 Å². The van der Waals surface area contributed by atoms with Crippen LogP contribution in [0.3, 0.4) is 0 Å². The summed E-state index contributed by atoms with van der Waals surface area (Å²) in [6, 6.07) is 2.41. The fraction of sp³-hybridized carbons (Fsp3) is 0.375. The van der Waals surface area contributed by atoms with E-state index in [1.165, 1.54) is 6.07 Å². The molecule has 112 valence electrons. The second kappa shape index (κ2) is 6.43. The van der Waals surface area contributed by atoms with Gasteiger partial charge in [0.25, 0.3) is 0 Å². The second-order valence-electron chi connectivity index (χ2n) is 5.15. The molecule has 0 saturated carbocycles. The van der Waals surface area contributed by atoms with Crippen LogP contribution < -0.4 is 0 Å². The van der Waals surface area contributed by atoms with Gasteiger partial charge >= 0.3 is 5.97 Å². The van der Waals surface area contributed by atoms with Gasteiger partial charge in [0.2, 0.25) is 0 Å². The minimum Gasteiger partial charge on any atom is -0.508 e. The van der Waals surface area contributed by atoms with Crippen LogP contribution in [0.2, 0.25) is 0 Å². The molecule has 5 heteroatoms. The number of phenols is 2. The van der Waals surface area contributed by atoms with Gasteiger partial charge in [-0.05, 0) is 31.4 Å². The number of cyclic esters (lactones) is 1. The van der Waals surface area contributed by atoms with Crippen LogP contribution in [0, 0.1) is 0 Å². The molecule has 0 fully saturated rings. The number of esters is 1. The molecule has 0 bridgehead atoms. The maximum atomic E-state index is 12.2. The van der Waals surface area contributed by atoms with E-state index in [0.29, 0.717) is 6.42 Å². The lowest BCUT2D eigenvalue weighted by Crippen LogP contribution is -2.18. The largest absolute Gasteiger partial charge is 0.508 e. The average Bonchev–Trinajstić information content (AvgIpc) is 2.35. The molecule has 0 saturated heterocycles. The van der Waals surface area contributed by atoms with E-state index in [4.69, 9.17) is 4.74 Å². The number of rotatable bonds is 0. The van der Waals surface area contributed by atoms with E-state index in [0.717, 1.165) is 12.5 Å². The number of phenolic OH excluding ortho intramolecular Hbond substituents is 2. The van der Waals surface area contributed by atoms with Gasteiger partial charge in [-0.15, -0.1) is 0 Å². The Morgan fingerprint density at radius 2 is 1.95 bits per heavy atom. The van der Waals surface area contributed by atoms with Crippen LogP contribution in [-0.4, -0.2) is 28.1 Å². The predicted octanol–water partition coefficient (Wildman–Crippen LogP) is 2.49.